The maximum absolute atomic E-state index is 9.73. The van der Waals surface area contributed by atoms with E-state index in [2.05, 4.69) is 51.1 Å². The number of nitriles is 1. The lowest BCUT2D eigenvalue weighted by Gasteiger charge is -2.54. The van der Waals surface area contributed by atoms with E-state index in [1.54, 1.807) is 0 Å². The third-order valence-corrected chi connectivity index (χ3v) is 4.79. The van der Waals surface area contributed by atoms with Crippen molar-refractivity contribution in [2.24, 2.45) is 5.41 Å². The smallest absolute Gasteiger partial charge is 0.0835 e. The Bertz CT molecular complexity index is 467. The third kappa shape index (κ3) is 2.41. The highest BCUT2D eigenvalue weighted by molar-refractivity contribution is 5.42. The minimum atomic E-state index is -0.213. The lowest BCUT2D eigenvalue weighted by Crippen LogP contribution is -2.49. The number of benzene rings is 1. The van der Waals surface area contributed by atoms with E-state index in [0.717, 1.165) is 12.8 Å². The molecule has 0 saturated heterocycles. The first-order chi connectivity index (χ1) is 9.11. The quantitative estimate of drug-likeness (QED) is 0.715. The average molecular weight is 255 g/mol. The molecule has 0 unspecified atom stereocenters. The standard InChI is InChI=1S/C18H25N/c1-4-10-17(11-5-2)12-18(13-17,14-19)16-9-7-6-8-15(16)3/h6-9H,4-5,10-13H2,1-3H3. The fraction of sp³-hybridized carbons (Fsp3) is 0.611. The molecule has 0 aromatic heterocycles. The molecule has 1 aliphatic carbocycles. The van der Waals surface area contributed by atoms with Gasteiger partial charge in [0.15, 0.2) is 0 Å². The Labute approximate surface area is 117 Å². The Kier molecular flexibility index (Phi) is 3.99. The molecule has 0 atom stereocenters. The van der Waals surface area contributed by atoms with Gasteiger partial charge >= 0.3 is 0 Å². The van der Waals surface area contributed by atoms with Crippen LogP contribution in [0.5, 0.6) is 0 Å². The molecule has 0 heterocycles. The minimum absolute atomic E-state index is 0.213. The summed E-state index contributed by atoms with van der Waals surface area (Å²) >= 11 is 0. The van der Waals surface area contributed by atoms with Crippen molar-refractivity contribution in [2.75, 3.05) is 0 Å². The normalized spacial score (nSPS) is 19.5. The fourth-order valence-corrected chi connectivity index (χ4v) is 4.21. The minimum Gasteiger partial charge on any atom is -0.197 e. The zero-order valence-corrected chi connectivity index (χ0v) is 12.5. The largest absolute Gasteiger partial charge is 0.197 e. The number of hydrogen-bond acceptors (Lipinski definition) is 1. The van der Waals surface area contributed by atoms with E-state index >= 15 is 0 Å². The van der Waals surface area contributed by atoms with Gasteiger partial charge in [0.05, 0.1) is 11.5 Å². The van der Waals surface area contributed by atoms with Crippen molar-refractivity contribution in [3.05, 3.63) is 35.4 Å². The van der Waals surface area contributed by atoms with Crippen LogP contribution in [-0.2, 0) is 5.41 Å². The van der Waals surface area contributed by atoms with Crippen LogP contribution in [0.3, 0.4) is 0 Å². The number of hydrogen-bond donors (Lipinski definition) is 0. The lowest BCUT2D eigenvalue weighted by atomic mass is 9.48. The van der Waals surface area contributed by atoms with Crippen LogP contribution in [0.2, 0.25) is 0 Å². The Morgan fingerprint density at radius 1 is 1.11 bits per heavy atom. The SMILES string of the molecule is CCCC1(CCC)CC(C#N)(c2ccccc2C)C1. The molecule has 1 saturated carbocycles. The van der Waals surface area contributed by atoms with Crippen molar-refractivity contribution in [3.8, 4) is 6.07 Å². The van der Waals surface area contributed by atoms with Crippen LogP contribution in [0.25, 0.3) is 0 Å². The summed E-state index contributed by atoms with van der Waals surface area (Å²) in [5.41, 5.74) is 2.75. The van der Waals surface area contributed by atoms with Gasteiger partial charge in [0.1, 0.15) is 0 Å². The van der Waals surface area contributed by atoms with E-state index < -0.39 is 0 Å². The summed E-state index contributed by atoms with van der Waals surface area (Å²) in [7, 11) is 0. The number of nitrogens with zero attached hydrogens (tertiary/aromatic N) is 1. The summed E-state index contributed by atoms with van der Waals surface area (Å²) < 4.78 is 0. The summed E-state index contributed by atoms with van der Waals surface area (Å²) in [5.74, 6) is 0. The monoisotopic (exact) mass is 255 g/mol. The van der Waals surface area contributed by atoms with Crippen molar-refractivity contribution >= 4 is 0 Å². The first-order valence-electron chi connectivity index (χ1n) is 7.59. The summed E-state index contributed by atoms with van der Waals surface area (Å²) in [6.07, 6.45) is 7.13. The highest BCUT2D eigenvalue weighted by atomic mass is 14.6. The van der Waals surface area contributed by atoms with Gasteiger partial charge in [0.25, 0.3) is 0 Å². The van der Waals surface area contributed by atoms with Crippen LogP contribution in [-0.4, -0.2) is 0 Å². The molecule has 0 spiro atoms. The van der Waals surface area contributed by atoms with Crippen molar-refractivity contribution in [1.82, 2.24) is 0 Å². The highest BCUT2D eigenvalue weighted by Crippen LogP contribution is 2.60. The van der Waals surface area contributed by atoms with Crippen LogP contribution in [0.1, 0.15) is 63.5 Å². The van der Waals surface area contributed by atoms with Crippen molar-refractivity contribution in [3.63, 3.8) is 0 Å². The Morgan fingerprint density at radius 3 is 2.16 bits per heavy atom. The predicted octanol–water partition coefficient (Wildman–Crippen LogP) is 5.14. The summed E-state index contributed by atoms with van der Waals surface area (Å²) in [6.45, 7) is 6.66. The van der Waals surface area contributed by atoms with Gasteiger partial charge < -0.3 is 0 Å². The van der Waals surface area contributed by atoms with Crippen LogP contribution >= 0.6 is 0 Å². The molecule has 1 aromatic carbocycles. The molecule has 0 amide bonds. The first kappa shape index (κ1) is 14.1. The molecule has 102 valence electrons. The molecule has 1 fully saturated rings. The zero-order valence-electron chi connectivity index (χ0n) is 12.5. The van der Waals surface area contributed by atoms with Gasteiger partial charge in [-0.2, -0.15) is 5.26 Å². The molecule has 0 aliphatic heterocycles. The number of aryl methyl sites for hydroxylation is 1. The Hall–Kier alpha value is -1.29. The highest BCUT2D eigenvalue weighted by Gasteiger charge is 2.54. The van der Waals surface area contributed by atoms with E-state index in [1.807, 2.05) is 0 Å². The van der Waals surface area contributed by atoms with E-state index in [4.69, 9.17) is 0 Å². The van der Waals surface area contributed by atoms with E-state index in [1.165, 1.54) is 36.8 Å². The Morgan fingerprint density at radius 2 is 1.68 bits per heavy atom. The van der Waals surface area contributed by atoms with Crippen LogP contribution in [0.15, 0.2) is 24.3 Å². The second-order valence-electron chi connectivity index (χ2n) is 6.36. The molecule has 1 heteroatoms. The predicted molar refractivity (Wildman–Crippen MR) is 80.0 cm³/mol. The Balaban J connectivity index is 2.26. The average Bonchev–Trinajstić information content (AvgIpc) is 2.36. The number of rotatable bonds is 5. The molecule has 0 bridgehead atoms. The topological polar surface area (TPSA) is 23.8 Å². The van der Waals surface area contributed by atoms with Gasteiger partial charge in [-0.3, -0.25) is 0 Å². The van der Waals surface area contributed by atoms with Gasteiger partial charge in [-0.05, 0) is 49.1 Å². The van der Waals surface area contributed by atoms with Gasteiger partial charge in [-0.1, -0.05) is 51.0 Å². The third-order valence-electron chi connectivity index (χ3n) is 4.79. The van der Waals surface area contributed by atoms with E-state index in [0.29, 0.717) is 5.41 Å². The lowest BCUT2D eigenvalue weighted by molar-refractivity contribution is 0.0354. The maximum atomic E-state index is 9.73. The summed E-state index contributed by atoms with van der Waals surface area (Å²) in [5, 5.41) is 9.73. The maximum Gasteiger partial charge on any atom is 0.0835 e. The van der Waals surface area contributed by atoms with Crippen LogP contribution in [0, 0.1) is 23.7 Å². The first-order valence-corrected chi connectivity index (χ1v) is 7.59. The molecular weight excluding hydrogens is 230 g/mol. The van der Waals surface area contributed by atoms with Gasteiger partial charge in [0.2, 0.25) is 0 Å². The van der Waals surface area contributed by atoms with E-state index in [9.17, 15) is 5.26 Å². The molecule has 19 heavy (non-hydrogen) atoms. The molecule has 0 N–H and O–H groups in total. The summed E-state index contributed by atoms with van der Waals surface area (Å²) in [6, 6.07) is 11.1. The fourth-order valence-electron chi connectivity index (χ4n) is 4.21. The summed E-state index contributed by atoms with van der Waals surface area (Å²) in [4.78, 5) is 0. The second kappa shape index (κ2) is 5.37. The second-order valence-corrected chi connectivity index (χ2v) is 6.36. The molecule has 1 aliphatic rings. The van der Waals surface area contributed by atoms with Gasteiger partial charge in [-0.15, -0.1) is 0 Å². The van der Waals surface area contributed by atoms with Crippen molar-refractivity contribution in [1.29, 1.82) is 5.26 Å². The molecule has 1 aromatic rings. The molecule has 0 radical (unpaired) electrons. The van der Waals surface area contributed by atoms with Crippen molar-refractivity contribution < 1.29 is 0 Å². The van der Waals surface area contributed by atoms with Crippen LogP contribution < -0.4 is 0 Å². The zero-order chi connectivity index (χ0) is 13.9. The van der Waals surface area contributed by atoms with Gasteiger partial charge in [-0.25, -0.2) is 0 Å². The van der Waals surface area contributed by atoms with Gasteiger partial charge in [0, 0.05) is 0 Å². The van der Waals surface area contributed by atoms with Crippen LogP contribution in [0.4, 0.5) is 0 Å². The molecule has 2 rings (SSSR count). The van der Waals surface area contributed by atoms with E-state index in [-0.39, 0.29) is 5.41 Å². The molecular formula is C18H25N. The molecule has 1 nitrogen and oxygen atoms in total. The van der Waals surface area contributed by atoms with Crippen molar-refractivity contribution in [2.45, 2.75) is 64.7 Å².